The molecule has 1 saturated heterocycles. The van der Waals surface area contributed by atoms with Crippen LogP contribution >= 0.6 is 0 Å². The second kappa shape index (κ2) is 7.22. The summed E-state index contributed by atoms with van der Waals surface area (Å²) in [5.74, 6) is -0.985. The van der Waals surface area contributed by atoms with Crippen LogP contribution in [-0.2, 0) is 14.3 Å². The Kier molecular flexibility index (Phi) is 5.33. The number of amides is 2. The van der Waals surface area contributed by atoms with Crippen molar-refractivity contribution < 1.29 is 14.3 Å². The van der Waals surface area contributed by atoms with Gasteiger partial charge in [0.15, 0.2) is 0 Å². The minimum absolute atomic E-state index is 0.0321. The van der Waals surface area contributed by atoms with E-state index < -0.39 is 11.8 Å². The van der Waals surface area contributed by atoms with E-state index in [-0.39, 0.29) is 12.0 Å². The molecule has 1 aromatic carbocycles. The van der Waals surface area contributed by atoms with Gasteiger partial charge in [-0.25, -0.2) is 0 Å². The number of ether oxygens (including phenoxy) is 1. The summed E-state index contributed by atoms with van der Waals surface area (Å²) in [6.45, 7) is 5.21. The molecule has 0 spiro atoms. The van der Waals surface area contributed by atoms with E-state index in [4.69, 9.17) is 4.74 Å². The van der Waals surface area contributed by atoms with E-state index in [9.17, 15) is 9.59 Å². The second-order valence-corrected chi connectivity index (χ2v) is 5.54. The molecule has 0 aromatic heterocycles. The van der Waals surface area contributed by atoms with Gasteiger partial charge in [-0.1, -0.05) is 32.0 Å². The third-order valence-corrected chi connectivity index (χ3v) is 3.55. The Morgan fingerprint density at radius 2 is 2.05 bits per heavy atom. The Bertz CT molecular complexity index is 508. The summed E-state index contributed by atoms with van der Waals surface area (Å²) < 4.78 is 5.41. The van der Waals surface area contributed by atoms with Crippen molar-refractivity contribution >= 4 is 17.5 Å². The molecule has 0 radical (unpaired) electrons. The van der Waals surface area contributed by atoms with Gasteiger partial charge < -0.3 is 15.4 Å². The smallest absolute Gasteiger partial charge is 0.313 e. The highest BCUT2D eigenvalue weighted by atomic mass is 16.5. The van der Waals surface area contributed by atoms with Crippen LogP contribution in [0.3, 0.4) is 0 Å². The van der Waals surface area contributed by atoms with Gasteiger partial charge in [-0.2, -0.15) is 0 Å². The highest BCUT2D eigenvalue weighted by molar-refractivity contribution is 6.39. The maximum absolute atomic E-state index is 11.9. The third kappa shape index (κ3) is 4.29. The molecule has 5 nitrogen and oxygen atoms in total. The number of hydrogen-bond donors (Lipinski definition) is 2. The van der Waals surface area contributed by atoms with Crippen LogP contribution in [0.5, 0.6) is 0 Å². The Labute approximate surface area is 125 Å². The van der Waals surface area contributed by atoms with E-state index in [1.807, 2.05) is 32.0 Å². The molecule has 0 unspecified atom stereocenters. The summed E-state index contributed by atoms with van der Waals surface area (Å²) in [6, 6.07) is 7.51. The summed E-state index contributed by atoms with van der Waals surface area (Å²) >= 11 is 0. The first kappa shape index (κ1) is 15.5. The average molecular weight is 290 g/mol. The predicted octanol–water partition coefficient (Wildman–Crippen LogP) is 2.04. The predicted molar refractivity (Wildman–Crippen MR) is 81.1 cm³/mol. The van der Waals surface area contributed by atoms with Crippen molar-refractivity contribution in [1.29, 1.82) is 0 Å². The zero-order valence-electron chi connectivity index (χ0n) is 12.5. The van der Waals surface area contributed by atoms with E-state index >= 15 is 0 Å². The van der Waals surface area contributed by atoms with Crippen molar-refractivity contribution in [2.45, 2.75) is 38.7 Å². The van der Waals surface area contributed by atoms with E-state index in [0.717, 1.165) is 25.0 Å². The molecule has 5 heteroatoms. The zero-order valence-corrected chi connectivity index (χ0v) is 12.5. The Balaban J connectivity index is 1.89. The monoisotopic (exact) mass is 290 g/mol. The summed E-state index contributed by atoms with van der Waals surface area (Å²) in [7, 11) is 0. The fourth-order valence-electron chi connectivity index (χ4n) is 2.39. The van der Waals surface area contributed by atoms with Gasteiger partial charge in [-0.05, 0) is 30.4 Å². The maximum Gasteiger partial charge on any atom is 0.313 e. The number of carbonyl (C=O) groups excluding carboxylic acids is 2. The van der Waals surface area contributed by atoms with Crippen LogP contribution in [0, 0.1) is 0 Å². The van der Waals surface area contributed by atoms with E-state index in [2.05, 4.69) is 10.6 Å². The second-order valence-electron chi connectivity index (χ2n) is 5.54. The minimum atomic E-state index is -0.638. The first-order valence-electron chi connectivity index (χ1n) is 7.37. The first-order valence-corrected chi connectivity index (χ1v) is 7.37. The molecular formula is C16H22N2O3. The van der Waals surface area contributed by atoms with Gasteiger partial charge in [0.05, 0.1) is 6.10 Å². The summed E-state index contributed by atoms with van der Waals surface area (Å²) in [6.07, 6.45) is 1.97. The highest BCUT2D eigenvalue weighted by Gasteiger charge is 2.20. The van der Waals surface area contributed by atoms with Crippen LogP contribution in [0.2, 0.25) is 0 Å². The quantitative estimate of drug-likeness (QED) is 0.834. The molecule has 1 fully saturated rings. The summed E-state index contributed by atoms with van der Waals surface area (Å²) in [5.41, 5.74) is 1.70. The molecular weight excluding hydrogens is 268 g/mol. The molecule has 1 aromatic rings. The lowest BCUT2D eigenvalue weighted by atomic mass is 10.0. The first-order chi connectivity index (χ1) is 10.1. The number of anilines is 1. The van der Waals surface area contributed by atoms with Crippen LogP contribution in [0.25, 0.3) is 0 Å². The fraction of sp³-hybridized carbons (Fsp3) is 0.500. The number of hydrogen-bond acceptors (Lipinski definition) is 3. The van der Waals surface area contributed by atoms with E-state index in [1.54, 1.807) is 6.07 Å². The van der Waals surface area contributed by atoms with Gasteiger partial charge in [-0.15, -0.1) is 0 Å². The fourth-order valence-corrected chi connectivity index (χ4v) is 2.39. The largest absolute Gasteiger partial charge is 0.376 e. The molecule has 2 rings (SSSR count). The molecule has 0 bridgehead atoms. The number of para-hydroxylation sites is 1. The topological polar surface area (TPSA) is 67.4 Å². The van der Waals surface area contributed by atoms with Crippen molar-refractivity contribution in [3.05, 3.63) is 29.8 Å². The van der Waals surface area contributed by atoms with Crippen molar-refractivity contribution in [1.82, 2.24) is 5.32 Å². The third-order valence-electron chi connectivity index (χ3n) is 3.55. The van der Waals surface area contributed by atoms with Crippen molar-refractivity contribution in [3.63, 3.8) is 0 Å². The lowest BCUT2D eigenvalue weighted by Crippen LogP contribution is -2.39. The average Bonchev–Trinajstić information content (AvgIpc) is 2.98. The normalized spacial score (nSPS) is 17.8. The van der Waals surface area contributed by atoms with Gasteiger partial charge in [0.1, 0.15) is 0 Å². The van der Waals surface area contributed by atoms with Crippen LogP contribution in [0.4, 0.5) is 5.69 Å². The number of rotatable bonds is 4. The molecule has 2 amide bonds. The highest BCUT2D eigenvalue weighted by Crippen LogP contribution is 2.23. The molecule has 114 valence electrons. The van der Waals surface area contributed by atoms with Crippen molar-refractivity contribution in [2.24, 2.45) is 0 Å². The molecule has 21 heavy (non-hydrogen) atoms. The molecule has 0 aliphatic carbocycles. The van der Waals surface area contributed by atoms with Gasteiger partial charge in [0, 0.05) is 18.8 Å². The molecule has 1 aliphatic rings. The molecule has 1 atom stereocenters. The van der Waals surface area contributed by atoms with E-state index in [1.165, 1.54) is 0 Å². The summed E-state index contributed by atoms with van der Waals surface area (Å²) in [4.78, 5) is 23.7. The van der Waals surface area contributed by atoms with Gasteiger partial charge in [-0.3, -0.25) is 9.59 Å². The number of carbonyl (C=O) groups is 2. The van der Waals surface area contributed by atoms with Crippen molar-refractivity contribution in [2.75, 3.05) is 18.5 Å². The molecule has 0 saturated carbocycles. The van der Waals surface area contributed by atoms with Gasteiger partial charge in [0.2, 0.25) is 0 Å². The minimum Gasteiger partial charge on any atom is -0.376 e. The molecule has 1 heterocycles. The lowest BCUT2D eigenvalue weighted by molar-refractivity contribution is -0.136. The standard InChI is InChI=1S/C16H22N2O3/c1-11(2)13-7-3-4-8-14(13)18-16(20)15(19)17-10-12-6-5-9-21-12/h3-4,7-8,11-12H,5-6,9-10H2,1-2H3,(H,17,19)(H,18,20)/t12-/m0/s1. The van der Waals surface area contributed by atoms with Crippen LogP contribution in [0.15, 0.2) is 24.3 Å². The SMILES string of the molecule is CC(C)c1ccccc1NC(=O)C(=O)NC[C@@H]1CCCO1. The van der Waals surface area contributed by atoms with E-state index in [0.29, 0.717) is 12.2 Å². The number of benzene rings is 1. The molecule has 1 aliphatic heterocycles. The van der Waals surface area contributed by atoms with Crippen LogP contribution in [-0.4, -0.2) is 31.1 Å². The number of nitrogens with one attached hydrogen (secondary N) is 2. The lowest BCUT2D eigenvalue weighted by Gasteiger charge is -2.14. The van der Waals surface area contributed by atoms with Crippen LogP contribution < -0.4 is 10.6 Å². The Hall–Kier alpha value is -1.88. The van der Waals surface area contributed by atoms with Crippen molar-refractivity contribution in [3.8, 4) is 0 Å². The maximum atomic E-state index is 11.9. The molecule has 2 N–H and O–H groups in total. The van der Waals surface area contributed by atoms with Crippen LogP contribution in [0.1, 0.15) is 38.2 Å². The zero-order chi connectivity index (χ0) is 15.2. The summed E-state index contributed by atoms with van der Waals surface area (Å²) in [5, 5.41) is 5.29. The van der Waals surface area contributed by atoms with Gasteiger partial charge in [0.25, 0.3) is 0 Å². The Morgan fingerprint density at radius 1 is 1.29 bits per heavy atom. The van der Waals surface area contributed by atoms with Gasteiger partial charge >= 0.3 is 11.8 Å². The Morgan fingerprint density at radius 3 is 2.71 bits per heavy atom.